The maximum Gasteiger partial charge on any atom is 0.586 e. The van der Waals surface area contributed by atoms with E-state index in [9.17, 15) is 32.3 Å². The number of piperidine rings is 1. The number of nitrogens with zero attached hydrogens (tertiary/aromatic N) is 2. The summed E-state index contributed by atoms with van der Waals surface area (Å²) in [7, 11) is 0. The number of alkyl halides is 4. The fraction of sp³-hybridized carbons (Fsp3) is 0.409. The Labute approximate surface area is 204 Å². The van der Waals surface area contributed by atoms with Crippen molar-refractivity contribution in [2.24, 2.45) is 0 Å². The number of H-pyrrole nitrogens is 1. The summed E-state index contributed by atoms with van der Waals surface area (Å²) in [5.74, 6) is -5.18. The van der Waals surface area contributed by atoms with E-state index in [0.717, 1.165) is 11.3 Å². The number of nitrogens with one attached hydrogen (secondary N) is 2. The summed E-state index contributed by atoms with van der Waals surface area (Å²) in [6.07, 6.45) is -3.05. The van der Waals surface area contributed by atoms with Crippen molar-refractivity contribution in [3.8, 4) is 11.5 Å². The average Bonchev–Trinajstić information content (AvgIpc) is 3.33. The van der Waals surface area contributed by atoms with Gasteiger partial charge in [0, 0.05) is 43.4 Å². The van der Waals surface area contributed by atoms with Crippen LogP contribution < -0.4 is 20.3 Å². The number of hydrogen-bond donors (Lipinski definition) is 3. The van der Waals surface area contributed by atoms with E-state index in [1.807, 2.05) is 0 Å². The molecule has 14 heteroatoms. The lowest BCUT2D eigenvalue weighted by atomic mass is 9.86. The molecule has 3 N–H and O–H groups in total. The molecule has 0 spiro atoms. The first-order valence-corrected chi connectivity index (χ1v) is 11.7. The minimum atomic E-state index is -3.75. The number of thiazole rings is 1. The van der Waals surface area contributed by atoms with Crippen molar-refractivity contribution >= 4 is 32.6 Å². The molecule has 1 fully saturated rings. The van der Waals surface area contributed by atoms with Gasteiger partial charge >= 0.3 is 6.29 Å². The highest BCUT2D eigenvalue weighted by Gasteiger charge is 2.47. The van der Waals surface area contributed by atoms with E-state index in [2.05, 4.69) is 24.8 Å². The van der Waals surface area contributed by atoms with E-state index < -0.39 is 48.7 Å². The molecule has 2 aliphatic heterocycles. The van der Waals surface area contributed by atoms with Crippen LogP contribution in [0.3, 0.4) is 0 Å². The van der Waals surface area contributed by atoms with Crippen molar-refractivity contribution in [3.05, 3.63) is 45.9 Å². The summed E-state index contributed by atoms with van der Waals surface area (Å²) in [4.78, 5) is 32.8. The van der Waals surface area contributed by atoms with Gasteiger partial charge in [0.15, 0.2) is 16.6 Å². The molecule has 4 heterocycles. The van der Waals surface area contributed by atoms with Crippen molar-refractivity contribution in [3.63, 3.8) is 0 Å². The number of likely N-dealkylation sites (tertiary alicyclic amines) is 1. The Bertz CT molecular complexity index is 1350. The summed E-state index contributed by atoms with van der Waals surface area (Å²) >= 11 is 1.04. The average molecular weight is 528 g/mol. The molecule has 0 aliphatic carbocycles. The predicted molar refractivity (Wildman–Crippen MR) is 121 cm³/mol. The zero-order valence-electron chi connectivity index (χ0n) is 18.7. The number of benzene rings is 1. The van der Waals surface area contributed by atoms with Crippen LogP contribution >= 0.6 is 11.3 Å². The number of aromatic nitrogens is 2. The molecule has 3 aromatic rings. The quantitative estimate of drug-likeness (QED) is 0.436. The monoisotopic (exact) mass is 528 g/mol. The third kappa shape index (κ3) is 4.51. The van der Waals surface area contributed by atoms with Gasteiger partial charge in [-0.2, -0.15) is 0 Å². The predicted octanol–water partition coefficient (Wildman–Crippen LogP) is 3.25. The Morgan fingerprint density at radius 1 is 1.31 bits per heavy atom. The van der Waals surface area contributed by atoms with Gasteiger partial charge in [0.05, 0.1) is 28.8 Å². The molecule has 36 heavy (non-hydrogen) atoms. The van der Waals surface area contributed by atoms with E-state index in [1.165, 1.54) is 24.4 Å². The molecular weight excluding hydrogens is 508 g/mol. The number of hydrogen-bond acceptors (Lipinski definition) is 8. The summed E-state index contributed by atoms with van der Waals surface area (Å²) in [5.41, 5.74) is -0.0981. The minimum Gasteiger partial charge on any atom is -0.395 e. The molecule has 2 atom stereocenters. The number of pyridine rings is 1. The lowest BCUT2D eigenvalue weighted by molar-refractivity contribution is -0.286. The molecule has 0 bridgehead atoms. The molecule has 1 amide bonds. The Kier molecular flexibility index (Phi) is 5.92. The number of aliphatic hydroxyl groups is 1. The van der Waals surface area contributed by atoms with Crippen molar-refractivity contribution in [1.29, 1.82) is 0 Å². The Balaban J connectivity index is 1.31. The van der Waals surface area contributed by atoms with E-state index >= 15 is 0 Å². The number of aliphatic hydroxyl groups excluding tert-OH is 1. The smallest absolute Gasteiger partial charge is 0.395 e. The Morgan fingerprint density at radius 2 is 2.03 bits per heavy atom. The summed E-state index contributed by atoms with van der Waals surface area (Å²) in [5, 5.41) is 12.2. The maximum atomic E-state index is 14.8. The van der Waals surface area contributed by atoms with Crippen molar-refractivity contribution in [2.75, 3.05) is 18.4 Å². The fourth-order valence-corrected chi connectivity index (χ4v) is 5.18. The number of halogens is 4. The van der Waals surface area contributed by atoms with Gasteiger partial charge < -0.3 is 24.9 Å². The van der Waals surface area contributed by atoms with Crippen molar-refractivity contribution in [2.45, 2.75) is 44.1 Å². The topological polar surface area (TPSA) is 117 Å². The van der Waals surface area contributed by atoms with Crippen molar-refractivity contribution < 1.29 is 36.9 Å². The van der Waals surface area contributed by atoms with Gasteiger partial charge in [-0.05, 0) is 18.6 Å². The molecule has 2 aliphatic rings. The molecule has 192 valence electrons. The zero-order valence-corrected chi connectivity index (χ0v) is 19.5. The Morgan fingerprint density at radius 3 is 2.75 bits per heavy atom. The molecule has 1 aromatic carbocycles. The van der Waals surface area contributed by atoms with E-state index in [-0.39, 0.29) is 40.8 Å². The summed E-state index contributed by atoms with van der Waals surface area (Å²) in [6, 6.07) is 3.08. The van der Waals surface area contributed by atoms with Crippen LogP contribution in [0.1, 0.15) is 30.4 Å². The highest BCUT2D eigenvalue weighted by atomic mass is 32.1. The number of ether oxygens (including phenoxy) is 2. The molecular formula is C22H20F4N4O5S. The zero-order chi connectivity index (χ0) is 25.8. The van der Waals surface area contributed by atoms with Crippen LogP contribution in [0.5, 0.6) is 11.5 Å². The van der Waals surface area contributed by atoms with Crippen LogP contribution in [0.25, 0.3) is 10.2 Å². The van der Waals surface area contributed by atoms with E-state index in [0.29, 0.717) is 10.2 Å². The lowest BCUT2D eigenvalue weighted by Crippen LogP contribution is -2.52. The molecule has 1 saturated heterocycles. The summed E-state index contributed by atoms with van der Waals surface area (Å²) in [6.45, 7) is 0.793. The molecule has 0 saturated carbocycles. The molecule has 9 nitrogen and oxygen atoms in total. The van der Waals surface area contributed by atoms with E-state index in [1.54, 1.807) is 11.8 Å². The second-order valence-corrected chi connectivity index (χ2v) is 9.65. The van der Waals surface area contributed by atoms with Crippen LogP contribution in [-0.4, -0.2) is 57.2 Å². The first kappa shape index (κ1) is 24.5. The number of carbonyl (C=O) groups is 1. The van der Waals surface area contributed by atoms with Gasteiger partial charge in [-0.15, -0.1) is 8.78 Å². The first-order chi connectivity index (χ1) is 17.0. The van der Waals surface area contributed by atoms with Gasteiger partial charge in [-0.1, -0.05) is 11.3 Å². The normalized spacial score (nSPS) is 21.4. The second kappa shape index (κ2) is 8.71. The Hall–Kier alpha value is -3.23. The number of fused-ring (bicyclic) bond motifs is 2. The molecule has 0 unspecified atom stereocenters. The number of carbonyl (C=O) groups excluding carboxylic acids is 1. The van der Waals surface area contributed by atoms with Crippen LogP contribution in [0.15, 0.2) is 29.2 Å². The van der Waals surface area contributed by atoms with Crippen LogP contribution in [0, 0.1) is 0 Å². The third-order valence-corrected chi connectivity index (χ3v) is 7.24. The van der Waals surface area contributed by atoms with Crippen LogP contribution in [-0.2, 0) is 11.4 Å². The number of anilines is 1. The first-order valence-electron chi connectivity index (χ1n) is 10.9. The SMILES string of the molecule is C[C@@H](C(=O)Nc1nc2cc3c(cc2s1)OC(F)(F)O3)N1CCC(F)(F)[C@H](c2c[nH]c(=O)c(CO)c2)C1. The highest BCUT2D eigenvalue weighted by Crippen LogP contribution is 2.45. The van der Waals surface area contributed by atoms with Gasteiger partial charge in [-0.3, -0.25) is 14.5 Å². The van der Waals surface area contributed by atoms with Gasteiger partial charge in [-0.25, -0.2) is 13.8 Å². The molecule has 5 rings (SSSR count). The largest absolute Gasteiger partial charge is 0.586 e. The standard InChI is InChI=1S/C22H20F4N4O5S/c1-10(30-3-2-21(23,24)13(8-30)11-4-12(9-31)19(33)27-7-11)18(32)29-20-28-14-5-15-16(6-17(14)36-20)35-22(25,26)34-15/h4-7,10,13,31H,2-3,8-9H2,1H3,(H,27,33)(H,28,29,32)/t10-,13-/m0/s1. The highest BCUT2D eigenvalue weighted by molar-refractivity contribution is 7.22. The number of aromatic amines is 1. The van der Waals surface area contributed by atoms with Crippen LogP contribution in [0.2, 0.25) is 0 Å². The number of rotatable bonds is 5. The van der Waals surface area contributed by atoms with Crippen LogP contribution in [0.4, 0.5) is 22.7 Å². The molecule has 0 radical (unpaired) electrons. The van der Waals surface area contributed by atoms with Gasteiger partial charge in [0.25, 0.3) is 11.5 Å². The maximum absolute atomic E-state index is 14.8. The third-order valence-electron chi connectivity index (χ3n) is 6.30. The van der Waals surface area contributed by atoms with Crippen molar-refractivity contribution in [1.82, 2.24) is 14.9 Å². The second-order valence-electron chi connectivity index (χ2n) is 8.62. The lowest BCUT2D eigenvalue weighted by Gasteiger charge is -2.40. The summed E-state index contributed by atoms with van der Waals surface area (Å²) < 4.78 is 65.4. The molecule has 2 aromatic heterocycles. The van der Waals surface area contributed by atoms with Gasteiger partial charge in [0.2, 0.25) is 5.91 Å². The minimum absolute atomic E-state index is 0.0208. The van der Waals surface area contributed by atoms with Gasteiger partial charge in [0.1, 0.15) is 0 Å². The fourth-order valence-electron chi connectivity index (χ4n) is 4.30. The van der Waals surface area contributed by atoms with E-state index in [4.69, 9.17) is 0 Å². The number of amides is 1.